The van der Waals surface area contributed by atoms with Crippen LogP contribution in [-0.2, 0) is 11.0 Å². The maximum Gasteiger partial charge on any atom is 0.417 e. The fraction of sp³-hybridized carbons (Fsp3) is 0.364. The highest BCUT2D eigenvalue weighted by molar-refractivity contribution is 5.97. The van der Waals surface area contributed by atoms with Crippen LogP contribution in [0.4, 0.5) is 18.9 Å². The van der Waals surface area contributed by atoms with Crippen molar-refractivity contribution in [2.75, 3.05) is 13.1 Å². The SMILES string of the molecule is CC(NC(=O)c1cccc([N+](=O)[O-])c1)C(=O)N1CCCC(c2nnc3ccc(C(F)(F)F)cn23)C1. The molecule has 1 saturated heterocycles. The molecule has 1 aromatic carbocycles. The van der Waals surface area contributed by atoms with Crippen molar-refractivity contribution in [3.8, 4) is 0 Å². The van der Waals surface area contributed by atoms with E-state index in [4.69, 9.17) is 0 Å². The van der Waals surface area contributed by atoms with E-state index in [1.165, 1.54) is 40.5 Å². The van der Waals surface area contributed by atoms with Crippen LogP contribution in [0.1, 0.15) is 47.4 Å². The third-order valence-electron chi connectivity index (χ3n) is 5.89. The average molecular weight is 490 g/mol. The van der Waals surface area contributed by atoms with Crippen LogP contribution < -0.4 is 5.32 Å². The van der Waals surface area contributed by atoms with E-state index in [0.717, 1.165) is 18.3 Å². The number of carbonyl (C=O) groups excluding carboxylic acids is 2. The number of carbonyl (C=O) groups is 2. The van der Waals surface area contributed by atoms with Crippen LogP contribution in [0.5, 0.6) is 0 Å². The third-order valence-corrected chi connectivity index (χ3v) is 5.89. The molecule has 3 heterocycles. The van der Waals surface area contributed by atoms with Gasteiger partial charge in [-0.1, -0.05) is 6.07 Å². The highest BCUT2D eigenvalue weighted by Gasteiger charge is 2.33. The Labute approximate surface area is 196 Å². The number of rotatable bonds is 5. The van der Waals surface area contributed by atoms with E-state index in [0.29, 0.717) is 25.2 Å². The van der Waals surface area contributed by atoms with Gasteiger partial charge < -0.3 is 10.2 Å². The van der Waals surface area contributed by atoms with Crippen molar-refractivity contribution in [2.45, 2.75) is 37.9 Å². The summed E-state index contributed by atoms with van der Waals surface area (Å²) >= 11 is 0. The maximum absolute atomic E-state index is 13.2. The van der Waals surface area contributed by atoms with E-state index >= 15 is 0 Å². The second-order valence-electron chi connectivity index (χ2n) is 8.33. The maximum atomic E-state index is 13.2. The summed E-state index contributed by atoms with van der Waals surface area (Å²) in [7, 11) is 0. The van der Waals surface area contributed by atoms with Crippen molar-refractivity contribution in [3.05, 3.63) is 69.7 Å². The smallest absolute Gasteiger partial charge is 0.341 e. The summed E-state index contributed by atoms with van der Waals surface area (Å²) in [6.07, 6.45) is -2.37. The Hall–Kier alpha value is -4.03. The van der Waals surface area contributed by atoms with Gasteiger partial charge in [0, 0.05) is 42.9 Å². The van der Waals surface area contributed by atoms with Crippen LogP contribution in [0.3, 0.4) is 0 Å². The molecule has 1 aliphatic rings. The zero-order chi connectivity index (χ0) is 25.3. The highest BCUT2D eigenvalue weighted by Crippen LogP contribution is 2.31. The molecule has 0 spiro atoms. The minimum atomic E-state index is -4.52. The Bertz CT molecular complexity index is 1290. The molecule has 1 fully saturated rings. The molecule has 1 aliphatic heterocycles. The van der Waals surface area contributed by atoms with Crippen LogP contribution in [0.15, 0.2) is 42.6 Å². The van der Waals surface area contributed by atoms with Gasteiger partial charge in [-0.05, 0) is 38.0 Å². The molecule has 1 N–H and O–H groups in total. The Kier molecular flexibility index (Phi) is 6.41. The number of pyridine rings is 1. The lowest BCUT2D eigenvalue weighted by molar-refractivity contribution is -0.384. The van der Waals surface area contributed by atoms with Crippen molar-refractivity contribution in [1.29, 1.82) is 0 Å². The molecule has 0 aliphatic carbocycles. The molecule has 184 valence electrons. The van der Waals surface area contributed by atoms with Gasteiger partial charge in [0.1, 0.15) is 11.9 Å². The number of aromatic nitrogens is 3. The summed E-state index contributed by atoms with van der Waals surface area (Å²) in [5.74, 6) is -1.02. The first-order valence-electron chi connectivity index (χ1n) is 10.8. The summed E-state index contributed by atoms with van der Waals surface area (Å²) in [5.41, 5.74) is -0.753. The fourth-order valence-electron chi connectivity index (χ4n) is 4.12. The van der Waals surface area contributed by atoms with Crippen molar-refractivity contribution in [1.82, 2.24) is 24.8 Å². The minimum Gasteiger partial charge on any atom is -0.341 e. The molecule has 2 aromatic heterocycles. The number of halogens is 3. The van der Waals surface area contributed by atoms with Crippen LogP contribution in [0.2, 0.25) is 0 Å². The van der Waals surface area contributed by atoms with Crippen LogP contribution in [-0.4, -0.2) is 55.4 Å². The molecule has 35 heavy (non-hydrogen) atoms. The van der Waals surface area contributed by atoms with Gasteiger partial charge in [0.15, 0.2) is 5.65 Å². The number of fused-ring (bicyclic) bond motifs is 1. The number of nitro benzene ring substituents is 1. The number of nitrogens with one attached hydrogen (secondary N) is 1. The van der Waals surface area contributed by atoms with Crippen molar-refractivity contribution >= 4 is 23.1 Å². The third kappa shape index (κ3) is 5.08. The zero-order valence-electron chi connectivity index (χ0n) is 18.5. The molecule has 13 heteroatoms. The Morgan fingerprint density at radius 2 is 2.00 bits per heavy atom. The van der Waals surface area contributed by atoms with Gasteiger partial charge in [0.2, 0.25) is 5.91 Å². The molecule has 0 saturated carbocycles. The van der Waals surface area contributed by atoms with E-state index in [2.05, 4.69) is 15.5 Å². The molecule has 4 rings (SSSR count). The van der Waals surface area contributed by atoms with E-state index in [-0.39, 0.29) is 35.3 Å². The van der Waals surface area contributed by atoms with Gasteiger partial charge in [-0.25, -0.2) is 0 Å². The second-order valence-corrected chi connectivity index (χ2v) is 8.33. The van der Waals surface area contributed by atoms with Crippen LogP contribution >= 0.6 is 0 Å². The topological polar surface area (TPSA) is 123 Å². The first-order valence-corrected chi connectivity index (χ1v) is 10.8. The quantitative estimate of drug-likeness (QED) is 0.433. The van der Waals surface area contributed by atoms with Gasteiger partial charge >= 0.3 is 6.18 Å². The van der Waals surface area contributed by atoms with Gasteiger partial charge in [0.25, 0.3) is 11.6 Å². The van der Waals surface area contributed by atoms with Crippen LogP contribution in [0.25, 0.3) is 5.65 Å². The molecular formula is C22H21F3N6O4. The number of likely N-dealkylation sites (tertiary alicyclic amines) is 1. The molecule has 3 aromatic rings. The first kappa shape index (κ1) is 24.1. The number of alkyl halides is 3. The zero-order valence-corrected chi connectivity index (χ0v) is 18.5. The molecule has 2 atom stereocenters. The molecule has 2 unspecified atom stereocenters. The number of hydrogen-bond acceptors (Lipinski definition) is 6. The monoisotopic (exact) mass is 490 g/mol. The summed E-state index contributed by atoms with van der Waals surface area (Å²) in [6.45, 7) is 2.12. The molecule has 2 amide bonds. The van der Waals surface area contributed by atoms with Gasteiger partial charge in [0.05, 0.1) is 10.5 Å². The largest absolute Gasteiger partial charge is 0.417 e. The number of hydrogen-bond donors (Lipinski definition) is 1. The highest BCUT2D eigenvalue weighted by atomic mass is 19.4. The number of non-ortho nitro benzene ring substituents is 1. The predicted molar refractivity (Wildman–Crippen MR) is 117 cm³/mol. The molecule has 10 nitrogen and oxygen atoms in total. The summed E-state index contributed by atoms with van der Waals surface area (Å²) in [5, 5.41) is 21.5. The van der Waals surface area contributed by atoms with E-state index in [1.54, 1.807) is 0 Å². The Morgan fingerprint density at radius 1 is 1.23 bits per heavy atom. The van der Waals surface area contributed by atoms with E-state index in [9.17, 15) is 32.9 Å². The Morgan fingerprint density at radius 3 is 2.71 bits per heavy atom. The van der Waals surface area contributed by atoms with Gasteiger partial charge in [-0.2, -0.15) is 13.2 Å². The first-order chi connectivity index (χ1) is 16.5. The van der Waals surface area contributed by atoms with Crippen LogP contribution in [0, 0.1) is 10.1 Å². The summed E-state index contributed by atoms with van der Waals surface area (Å²) < 4.78 is 40.8. The number of piperidine rings is 1. The van der Waals surface area contributed by atoms with Gasteiger partial charge in [-0.15, -0.1) is 10.2 Å². The number of nitro groups is 1. The lowest BCUT2D eigenvalue weighted by atomic mass is 9.96. The minimum absolute atomic E-state index is 0.0470. The summed E-state index contributed by atoms with van der Waals surface area (Å²) in [6, 6.07) is 6.42. The van der Waals surface area contributed by atoms with Crippen molar-refractivity contribution in [3.63, 3.8) is 0 Å². The number of amides is 2. The van der Waals surface area contributed by atoms with E-state index < -0.39 is 28.6 Å². The molecule has 0 radical (unpaired) electrons. The fourth-order valence-corrected chi connectivity index (χ4v) is 4.12. The molecule has 0 bridgehead atoms. The predicted octanol–water partition coefficient (Wildman–Crippen LogP) is 3.18. The average Bonchev–Trinajstić information content (AvgIpc) is 3.26. The van der Waals surface area contributed by atoms with Gasteiger partial charge in [-0.3, -0.25) is 24.1 Å². The number of nitrogens with zero attached hydrogens (tertiary/aromatic N) is 5. The van der Waals surface area contributed by atoms with Crippen molar-refractivity contribution in [2.24, 2.45) is 0 Å². The summed E-state index contributed by atoms with van der Waals surface area (Å²) in [4.78, 5) is 37.4. The molecular weight excluding hydrogens is 469 g/mol. The lowest BCUT2D eigenvalue weighted by Crippen LogP contribution is -2.49. The number of benzene rings is 1. The standard InChI is InChI=1S/C22H21F3N6O4/c1-13(26-20(32)14-4-2-6-17(10-14)31(34)35)21(33)29-9-3-5-15(11-29)19-28-27-18-8-7-16(12-30(18)19)22(23,24)25/h2,4,6-8,10,12-13,15H,3,5,9,11H2,1H3,(H,26,32). The van der Waals surface area contributed by atoms with E-state index in [1.807, 2.05) is 0 Å². The van der Waals surface area contributed by atoms with Crippen molar-refractivity contribution < 1.29 is 27.7 Å². The normalized spacial score (nSPS) is 17.3. The Balaban J connectivity index is 1.47. The second kappa shape index (κ2) is 9.31. The lowest BCUT2D eigenvalue weighted by Gasteiger charge is -2.33.